The first-order chi connectivity index (χ1) is 6.56. The Hall–Kier alpha value is 0.0400. The maximum atomic E-state index is 9.56. The number of hydrogen-bond acceptors (Lipinski definition) is 2. The van der Waals surface area contributed by atoms with Gasteiger partial charge in [-0.25, -0.2) is 0 Å². The summed E-state index contributed by atoms with van der Waals surface area (Å²) in [6.45, 7) is 0. The molecule has 0 aliphatic carbocycles. The third-order valence-corrected chi connectivity index (χ3v) is 2.85. The lowest BCUT2D eigenvalue weighted by atomic mass is 10.1. The smallest absolute Gasteiger partial charge is 0.137 e. The Balaban J connectivity index is 2.96. The number of methoxy groups -OCH3 is 1. The molecule has 0 saturated heterocycles. The lowest BCUT2D eigenvalue weighted by molar-refractivity contribution is 0.192. The Bertz CT molecular complexity index is 318. The minimum atomic E-state index is -0.888. The summed E-state index contributed by atoms with van der Waals surface area (Å²) < 4.78 is 5.80. The van der Waals surface area contributed by atoms with Crippen molar-refractivity contribution in [2.75, 3.05) is 7.11 Å². The van der Waals surface area contributed by atoms with Crippen molar-refractivity contribution in [3.8, 4) is 5.75 Å². The third kappa shape index (κ3) is 2.76. The summed E-state index contributed by atoms with van der Waals surface area (Å²) in [5, 5.41) is 9.56. The average Bonchev–Trinajstić information content (AvgIpc) is 2.16. The molecule has 2 nitrogen and oxygen atoms in total. The molecule has 0 spiro atoms. The van der Waals surface area contributed by atoms with Crippen LogP contribution < -0.4 is 4.74 Å². The van der Waals surface area contributed by atoms with Crippen molar-refractivity contribution in [2.24, 2.45) is 0 Å². The highest BCUT2D eigenvalue weighted by Crippen LogP contribution is 2.31. The third-order valence-electron chi connectivity index (χ3n) is 1.76. The molecule has 1 unspecified atom stereocenters. The Kier molecular flexibility index (Phi) is 4.51. The largest absolute Gasteiger partial charge is 0.496 e. The molecule has 1 aromatic carbocycles. The van der Waals surface area contributed by atoms with Crippen LogP contribution in [0.3, 0.4) is 0 Å². The standard InChI is InChI=1S/C9H9BrCl2O2/c1-14-7-3-2-5(4-6(7)10)8(13)9(11)12/h2-4,8-9,13H,1H3. The van der Waals surface area contributed by atoms with E-state index in [0.29, 0.717) is 11.3 Å². The van der Waals surface area contributed by atoms with Gasteiger partial charge in [0.2, 0.25) is 0 Å². The molecule has 5 heteroatoms. The van der Waals surface area contributed by atoms with Crippen molar-refractivity contribution in [1.29, 1.82) is 0 Å². The monoisotopic (exact) mass is 298 g/mol. The van der Waals surface area contributed by atoms with Crippen molar-refractivity contribution in [2.45, 2.75) is 10.9 Å². The summed E-state index contributed by atoms with van der Waals surface area (Å²) in [4.78, 5) is -0.838. The summed E-state index contributed by atoms with van der Waals surface area (Å²) in [6, 6.07) is 5.17. The van der Waals surface area contributed by atoms with Gasteiger partial charge in [-0.05, 0) is 33.6 Å². The van der Waals surface area contributed by atoms with Crippen molar-refractivity contribution in [3.05, 3.63) is 28.2 Å². The second kappa shape index (κ2) is 5.21. The van der Waals surface area contributed by atoms with Crippen LogP contribution in [0.5, 0.6) is 5.75 Å². The van der Waals surface area contributed by atoms with E-state index in [1.54, 1.807) is 25.3 Å². The van der Waals surface area contributed by atoms with Gasteiger partial charge in [-0.3, -0.25) is 0 Å². The van der Waals surface area contributed by atoms with Crippen molar-refractivity contribution in [3.63, 3.8) is 0 Å². The molecule has 0 saturated carbocycles. The molecule has 1 aromatic rings. The molecule has 1 rings (SSSR count). The summed E-state index contributed by atoms with van der Waals surface area (Å²) in [5.74, 6) is 0.696. The number of aliphatic hydroxyl groups excluding tert-OH is 1. The van der Waals surface area contributed by atoms with Crippen LogP contribution in [0.1, 0.15) is 11.7 Å². The number of aliphatic hydroxyl groups is 1. The molecule has 0 radical (unpaired) electrons. The molecule has 0 fully saturated rings. The Labute approximate surface area is 101 Å². The molecule has 14 heavy (non-hydrogen) atoms. The van der Waals surface area contributed by atoms with Gasteiger partial charge in [-0.15, -0.1) is 23.2 Å². The van der Waals surface area contributed by atoms with Gasteiger partial charge in [0, 0.05) is 0 Å². The van der Waals surface area contributed by atoms with Crippen LogP contribution in [0.4, 0.5) is 0 Å². The molecule has 78 valence electrons. The van der Waals surface area contributed by atoms with E-state index in [0.717, 1.165) is 4.47 Å². The Morgan fingerprint density at radius 3 is 2.50 bits per heavy atom. The van der Waals surface area contributed by atoms with Crippen molar-refractivity contribution in [1.82, 2.24) is 0 Å². The highest BCUT2D eigenvalue weighted by molar-refractivity contribution is 9.10. The molecule has 0 aliphatic rings. The first kappa shape index (κ1) is 12.1. The number of rotatable bonds is 3. The van der Waals surface area contributed by atoms with E-state index < -0.39 is 10.9 Å². The van der Waals surface area contributed by atoms with Crippen LogP contribution in [-0.4, -0.2) is 17.1 Å². The van der Waals surface area contributed by atoms with Gasteiger partial charge in [-0.2, -0.15) is 0 Å². The van der Waals surface area contributed by atoms with Crippen LogP contribution in [0, 0.1) is 0 Å². The topological polar surface area (TPSA) is 29.5 Å². The van der Waals surface area contributed by atoms with Crippen LogP contribution in [-0.2, 0) is 0 Å². The van der Waals surface area contributed by atoms with Crippen LogP contribution >= 0.6 is 39.1 Å². The molecule has 0 heterocycles. The van der Waals surface area contributed by atoms with Gasteiger partial charge in [0.1, 0.15) is 16.7 Å². The van der Waals surface area contributed by atoms with Gasteiger partial charge in [-0.1, -0.05) is 6.07 Å². The van der Waals surface area contributed by atoms with Crippen LogP contribution in [0.15, 0.2) is 22.7 Å². The quantitative estimate of drug-likeness (QED) is 0.868. The first-order valence-electron chi connectivity index (χ1n) is 3.86. The molecular formula is C9H9BrCl2O2. The predicted octanol–water partition coefficient (Wildman–Crippen LogP) is 3.29. The van der Waals surface area contributed by atoms with Gasteiger partial charge in [0.15, 0.2) is 0 Å². The van der Waals surface area contributed by atoms with Gasteiger partial charge < -0.3 is 9.84 Å². The van der Waals surface area contributed by atoms with Gasteiger partial charge in [0.25, 0.3) is 0 Å². The second-order valence-corrected chi connectivity index (χ2v) is 4.69. The van der Waals surface area contributed by atoms with Crippen molar-refractivity contribution >= 4 is 39.1 Å². The predicted molar refractivity (Wildman–Crippen MR) is 61.1 cm³/mol. The summed E-state index contributed by atoms with van der Waals surface area (Å²) in [7, 11) is 1.57. The number of hydrogen-bond donors (Lipinski definition) is 1. The fourth-order valence-corrected chi connectivity index (χ4v) is 1.86. The molecule has 0 bridgehead atoms. The minimum Gasteiger partial charge on any atom is -0.496 e. The van der Waals surface area contributed by atoms with E-state index in [-0.39, 0.29) is 0 Å². The molecule has 0 aromatic heterocycles. The zero-order valence-electron chi connectivity index (χ0n) is 7.38. The maximum absolute atomic E-state index is 9.56. The van der Waals surface area contributed by atoms with Gasteiger partial charge >= 0.3 is 0 Å². The SMILES string of the molecule is COc1ccc(C(O)C(Cl)Cl)cc1Br. The Morgan fingerprint density at radius 1 is 1.43 bits per heavy atom. The number of halogens is 3. The number of alkyl halides is 2. The molecule has 0 aliphatic heterocycles. The van der Waals surface area contributed by atoms with Gasteiger partial charge in [0.05, 0.1) is 11.6 Å². The van der Waals surface area contributed by atoms with E-state index in [1.165, 1.54) is 0 Å². The van der Waals surface area contributed by atoms with Crippen molar-refractivity contribution < 1.29 is 9.84 Å². The van der Waals surface area contributed by atoms with Crippen LogP contribution in [0.2, 0.25) is 0 Å². The molecule has 0 amide bonds. The molecular weight excluding hydrogens is 291 g/mol. The lowest BCUT2D eigenvalue weighted by Gasteiger charge is -2.13. The first-order valence-corrected chi connectivity index (χ1v) is 5.52. The average molecular weight is 300 g/mol. The summed E-state index contributed by atoms with van der Waals surface area (Å²) in [5.41, 5.74) is 0.646. The molecule has 1 N–H and O–H groups in total. The highest BCUT2D eigenvalue weighted by atomic mass is 79.9. The lowest BCUT2D eigenvalue weighted by Crippen LogP contribution is -2.05. The van der Waals surface area contributed by atoms with E-state index in [1.807, 2.05) is 0 Å². The summed E-state index contributed by atoms with van der Waals surface area (Å²) >= 11 is 14.4. The fourth-order valence-electron chi connectivity index (χ4n) is 1.01. The van der Waals surface area contributed by atoms with E-state index >= 15 is 0 Å². The molecule has 1 atom stereocenters. The van der Waals surface area contributed by atoms with Crippen LogP contribution in [0.25, 0.3) is 0 Å². The maximum Gasteiger partial charge on any atom is 0.137 e. The second-order valence-electron chi connectivity index (χ2n) is 2.67. The number of benzene rings is 1. The minimum absolute atomic E-state index is 0.646. The van der Waals surface area contributed by atoms with E-state index in [9.17, 15) is 5.11 Å². The zero-order valence-corrected chi connectivity index (χ0v) is 10.5. The van der Waals surface area contributed by atoms with E-state index in [2.05, 4.69) is 15.9 Å². The highest BCUT2D eigenvalue weighted by Gasteiger charge is 2.16. The number of ether oxygens (including phenoxy) is 1. The van der Waals surface area contributed by atoms with E-state index in [4.69, 9.17) is 27.9 Å². The fraction of sp³-hybridized carbons (Fsp3) is 0.333. The summed E-state index contributed by atoms with van der Waals surface area (Å²) in [6.07, 6.45) is -0.888. The zero-order chi connectivity index (χ0) is 10.7. The Morgan fingerprint density at radius 2 is 2.07 bits per heavy atom. The normalized spacial score (nSPS) is 13.0.